The Bertz CT molecular complexity index is 2720. The molecule has 0 heterocycles. The Morgan fingerprint density at radius 1 is 0.135 bits per heavy atom. The molecule has 19 atom stereocenters. The van der Waals surface area contributed by atoms with Crippen LogP contribution < -0.4 is 0 Å². The molecule has 0 nitrogen and oxygen atoms in total. The van der Waals surface area contributed by atoms with Gasteiger partial charge in [-0.15, -0.1) is 0 Å². The Morgan fingerprint density at radius 3 is 0.846 bits per heavy atom. The molecule has 0 aromatic heterocycles. The summed E-state index contributed by atoms with van der Waals surface area (Å²) in [4.78, 5) is 0. The normalized spacial score (nSPS) is 64.4. The van der Waals surface area contributed by atoms with Gasteiger partial charge in [-0.1, -0.05) is 122 Å². The molecule has 0 amide bonds. The van der Waals surface area contributed by atoms with Gasteiger partial charge >= 0.3 is 0 Å². The van der Waals surface area contributed by atoms with Gasteiger partial charge in [0.05, 0.1) is 0 Å². The van der Waals surface area contributed by atoms with Gasteiger partial charge in [0, 0.05) is 0 Å². The van der Waals surface area contributed by atoms with Crippen LogP contribution in [0, 0.1) is 289 Å². The van der Waals surface area contributed by atoms with E-state index in [1.54, 1.807) is 276 Å². The molecule has 43 saturated carbocycles. The topological polar surface area (TPSA) is 0 Å². The first-order valence-corrected chi connectivity index (χ1v) is 51.5. The van der Waals surface area contributed by atoms with Crippen molar-refractivity contribution >= 4 is 0 Å². The van der Waals surface area contributed by atoms with E-state index in [2.05, 4.69) is 0 Å². The van der Waals surface area contributed by atoms with Crippen LogP contribution >= 0.6 is 0 Å². The Hall–Kier alpha value is 0. The maximum Gasteiger partial charge on any atom is -0.0266 e. The molecule has 0 heteroatoms. The van der Waals surface area contributed by atoms with Crippen LogP contribution in [0.1, 0.15) is 353 Å². The molecular weight excluding hydrogens is 1250 g/mol. The molecule has 0 aromatic rings. The number of hydrogen-bond donors (Lipinski definition) is 0. The molecule has 104 heavy (non-hydrogen) atoms. The first-order valence-electron chi connectivity index (χ1n) is 51.5. The van der Waals surface area contributed by atoms with E-state index in [-0.39, 0.29) is 0 Å². The lowest BCUT2D eigenvalue weighted by atomic mass is 9.01. The zero-order chi connectivity index (χ0) is 67.1. The van der Waals surface area contributed by atoms with E-state index < -0.39 is 0 Å². The number of hydrogen-bond acceptors (Lipinski definition) is 0. The highest BCUT2D eigenvalue weighted by atomic mass is 15.0. The second kappa shape index (κ2) is 25.5. The van der Waals surface area contributed by atoms with Gasteiger partial charge in [0.15, 0.2) is 0 Å². The molecule has 1 spiro atoms. The fourth-order valence-electron chi connectivity index (χ4n) is 43.7. The van der Waals surface area contributed by atoms with Gasteiger partial charge in [-0.05, 0) is 521 Å². The highest BCUT2D eigenvalue weighted by Crippen LogP contribution is 3.01. The van der Waals surface area contributed by atoms with Crippen molar-refractivity contribution in [2.45, 2.75) is 353 Å². The van der Waals surface area contributed by atoms with Crippen LogP contribution in [0.2, 0.25) is 0 Å². The fourth-order valence-corrected chi connectivity index (χ4v) is 43.7. The van der Waals surface area contributed by atoms with Crippen LogP contribution in [-0.4, -0.2) is 0 Å². The van der Waals surface area contributed by atoms with E-state index in [4.69, 9.17) is 0 Å². The highest BCUT2D eigenvalue weighted by Gasteiger charge is 2.98. The molecule has 0 aromatic carbocycles. The molecule has 574 valence electrons. The van der Waals surface area contributed by atoms with E-state index in [1.807, 2.05) is 0 Å². The predicted molar refractivity (Wildman–Crippen MR) is 424 cm³/mol. The Labute approximate surface area is 638 Å². The van der Waals surface area contributed by atoms with Crippen molar-refractivity contribution in [3.05, 3.63) is 0 Å². The minimum Gasteiger partial charge on any atom is -0.0533 e. The summed E-state index contributed by atoms with van der Waals surface area (Å²) in [6, 6.07) is 0. The lowest BCUT2D eigenvalue weighted by Gasteiger charge is -3.03. The van der Waals surface area contributed by atoms with Gasteiger partial charge in [0.25, 0.3) is 0 Å². The Morgan fingerprint density at radius 2 is 0.442 bits per heavy atom. The molecule has 0 saturated heterocycles. The Balaban J connectivity index is 0.0000000652. The minimum atomic E-state index is 0.906. The maximum absolute atomic E-state index is 1.68. The van der Waals surface area contributed by atoms with Crippen molar-refractivity contribution < 1.29 is 0 Å². The third-order valence-corrected chi connectivity index (χ3v) is 46.9. The van der Waals surface area contributed by atoms with E-state index in [0.717, 1.165) is 11.3 Å². The van der Waals surface area contributed by atoms with Gasteiger partial charge in [0.2, 0.25) is 0 Å². The molecule has 0 N–H and O–H groups in total. The minimum absolute atomic E-state index is 0.906. The van der Waals surface area contributed by atoms with Gasteiger partial charge < -0.3 is 0 Å². The second-order valence-electron chi connectivity index (χ2n) is 50.0. The van der Waals surface area contributed by atoms with E-state index >= 15 is 0 Å². The van der Waals surface area contributed by atoms with Gasteiger partial charge in [-0.25, -0.2) is 0 Å². The quantitative estimate of drug-likeness (QED) is 0.212. The van der Waals surface area contributed by atoms with Gasteiger partial charge in [0.1, 0.15) is 0 Å². The molecule has 0 aliphatic heterocycles. The first kappa shape index (κ1) is 66.3. The highest BCUT2D eigenvalue weighted by molar-refractivity contribution is 5.44. The van der Waals surface area contributed by atoms with Crippen LogP contribution in [0.3, 0.4) is 0 Å². The van der Waals surface area contributed by atoms with Crippen LogP contribution in [0.15, 0.2) is 0 Å². The van der Waals surface area contributed by atoms with Crippen LogP contribution in [0.5, 0.6) is 0 Å². The van der Waals surface area contributed by atoms with Gasteiger partial charge in [-0.3, -0.25) is 0 Å². The van der Waals surface area contributed by atoms with Gasteiger partial charge in [-0.2, -0.15) is 0 Å². The van der Waals surface area contributed by atoms with E-state index in [0.29, 0.717) is 0 Å². The van der Waals surface area contributed by atoms with Crippen LogP contribution in [0.25, 0.3) is 0 Å². The molecule has 43 aliphatic rings. The SMILES string of the molecule is C12C3C4C1C1C2C3C41.C1C2C3CC4C5CC3C1C5C24.C1C2CC3C1C3C2.C1C2CC3CC1CC(C2)C3.C1C2CC3CC1CC3C2.C1CC2C3C(C1)C23.C1CC2C3C1C23.C1CC2CC1C1C3CCC(C3)C21.C1CC2CC3CCCC3(C1)C2.C1CCC2CC3CCC2C3CC1.C1CCCC1.C1CCCCC1. The summed E-state index contributed by atoms with van der Waals surface area (Å²) in [5, 5.41) is 0. The van der Waals surface area contributed by atoms with Crippen molar-refractivity contribution in [3.63, 3.8) is 0 Å². The number of rotatable bonds is 0. The summed E-state index contributed by atoms with van der Waals surface area (Å²) in [6.45, 7) is 0. The smallest absolute Gasteiger partial charge is 0.0266 e. The standard InChI is InChI=1S/C12H18.C12H20.C11H14.C11H18.C10H16.C9H14.C8H8.2C7H10.C6H8.C6H12.C5H10/c1-2-8-5-7(1)11-9-3-4-10(6-9)12(8)11;1-2-4-9-8-10-6-7-12(9)11(10)5-3-1;1-4-5-2-9-8(1)10-6(4)3-7(5)11(9)10;1-3-9-7-10-4-2-6-11(10,5-1)8-9;1-7-2-9-4-8(1)5-10(3-7)6-9;1-6-2-8-4-7(1)5-9(8)3-6;1-2-5-3(1)7-4(1)6(2)8(5)7;1-4-2-6-5(1)7(6)3-4;1-2-4-6-5(3-1)7(4)6;1-2-4-5-3(1)6(4)5;1-2-4-6-5-3-1;1-2-4-5-3-1/h7-12H,1-6H2;9-12H,1-8H2;4-11H,1-3H2;9-10H,1-8H2;7-10H,1-6H2;6-9H,1-5H2;1-8H;2*4-7H,1-3H2;3-6H,1-2H2;1-6H2;1-5H2. The third kappa shape index (κ3) is 10.4. The average molecular weight is 1410 g/mol. The van der Waals surface area contributed by atoms with Crippen LogP contribution in [0.4, 0.5) is 0 Å². The van der Waals surface area contributed by atoms with E-state index in [1.165, 1.54) is 355 Å². The lowest BCUT2D eigenvalue weighted by Crippen LogP contribution is -3.00. The summed E-state index contributed by atoms with van der Waals surface area (Å²) in [5.41, 5.74) is 0.906. The summed E-state index contributed by atoms with van der Waals surface area (Å²) in [5.74, 6) is 59.9. The predicted octanol–water partition coefficient (Wildman–Crippen LogP) is 27.4. The first-order chi connectivity index (χ1) is 51.5. The molecule has 0 radical (unpaired) electrons. The van der Waals surface area contributed by atoms with Crippen molar-refractivity contribution in [1.82, 2.24) is 0 Å². The van der Waals surface area contributed by atoms with E-state index in [9.17, 15) is 0 Å². The summed E-state index contributed by atoms with van der Waals surface area (Å²) >= 11 is 0. The zero-order valence-corrected chi connectivity index (χ0v) is 67.1. The third-order valence-electron chi connectivity index (χ3n) is 46.9. The number of fused-ring (bicyclic) bond motifs is 15. The van der Waals surface area contributed by atoms with Crippen molar-refractivity contribution in [3.8, 4) is 0 Å². The van der Waals surface area contributed by atoms with Crippen molar-refractivity contribution in [2.24, 2.45) is 289 Å². The Kier molecular flexibility index (Phi) is 16.3. The summed E-state index contributed by atoms with van der Waals surface area (Å²) < 4.78 is 0. The maximum atomic E-state index is 1.68. The fraction of sp³-hybridized carbons (Fsp3) is 1.00. The molecule has 19 unspecified atom stereocenters. The van der Waals surface area contributed by atoms with Crippen molar-refractivity contribution in [2.75, 3.05) is 0 Å². The average Bonchev–Trinajstić information content (AvgIpc) is 0.868. The largest absolute Gasteiger partial charge is 0.0533 e. The summed E-state index contributed by atoms with van der Waals surface area (Å²) in [6.07, 6.45) is 87.0. The second-order valence-corrected chi connectivity index (χ2v) is 50.0. The lowest BCUT2D eigenvalue weighted by molar-refractivity contribution is -0.565. The zero-order valence-electron chi connectivity index (χ0n) is 67.1. The molecule has 43 fully saturated rings. The van der Waals surface area contributed by atoms with Crippen molar-refractivity contribution in [1.29, 1.82) is 0 Å². The molecular formula is C104H158. The molecule has 43 rings (SSSR count). The monoisotopic (exact) mass is 1410 g/mol. The molecule has 43 aliphatic carbocycles. The van der Waals surface area contributed by atoms with Crippen LogP contribution in [-0.2, 0) is 0 Å². The molecule has 28 bridgehead atoms. The summed E-state index contributed by atoms with van der Waals surface area (Å²) in [7, 11) is 0.